The van der Waals surface area contributed by atoms with Crippen molar-refractivity contribution >= 4 is 36.6 Å². The summed E-state index contributed by atoms with van der Waals surface area (Å²) < 4.78 is 5.56. The third-order valence-corrected chi connectivity index (χ3v) is 5.76. The molecule has 27 heavy (non-hydrogen) atoms. The quantitative estimate of drug-likeness (QED) is 0.715. The molecule has 1 unspecified atom stereocenters. The van der Waals surface area contributed by atoms with Crippen LogP contribution in [0.1, 0.15) is 26.2 Å². The molecule has 158 valence electrons. The average Bonchev–Trinajstić information content (AvgIpc) is 2.68. The van der Waals surface area contributed by atoms with E-state index in [0.717, 1.165) is 65.2 Å². The maximum Gasteiger partial charge on any atom is 0.253 e. The van der Waals surface area contributed by atoms with Crippen molar-refractivity contribution in [2.75, 3.05) is 65.5 Å². The summed E-state index contributed by atoms with van der Waals surface area (Å²) in [5.41, 5.74) is 0. The van der Waals surface area contributed by atoms with E-state index >= 15 is 0 Å². The zero-order valence-electron chi connectivity index (χ0n) is 16.2. The van der Waals surface area contributed by atoms with Crippen LogP contribution in [0.3, 0.4) is 0 Å². The van der Waals surface area contributed by atoms with Crippen molar-refractivity contribution in [2.24, 2.45) is 5.92 Å². The first-order chi connectivity index (χ1) is 12.2. The minimum Gasteiger partial charge on any atom is -0.366 e. The van der Waals surface area contributed by atoms with Crippen LogP contribution in [-0.2, 0) is 14.3 Å². The fourth-order valence-corrected chi connectivity index (χ4v) is 3.97. The van der Waals surface area contributed by atoms with Gasteiger partial charge in [0.15, 0.2) is 0 Å². The number of amides is 2. The summed E-state index contributed by atoms with van der Waals surface area (Å²) >= 11 is 0. The second-order valence-electron chi connectivity index (χ2n) is 7.35. The Morgan fingerprint density at radius 2 is 1.67 bits per heavy atom. The van der Waals surface area contributed by atoms with E-state index in [4.69, 9.17) is 4.74 Å². The summed E-state index contributed by atoms with van der Waals surface area (Å²) in [5.74, 6) is 0.805. The van der Waals surface area contributed by atoms with Crippen LogP contribution in [-0.4, -0.2) is 98.1 Å². The Balaban J connectivity index is 0.00000182. The van der Waals surface area contributed by atoms with Gasteiger partial charge in [-0.3, -0.25) is 9.59 Å². The van der Waals surface area contributed by atoms with E-state index in [1.54, 1.807) is 0 Å². The fourth-order valence-electron chi connectivity index (χ4n) is 3.97. The molecule has 0 radical (unpaired) electrons. The standard InChI is InChI=1S/C18H32N4O3.2ClH/c1-2-20-8-10-21(11-9-20)17(23)13-15-3-6-22(7-4-15)18(24)16-14-19-5-12-25-16;;/h15-16,19H,2-14H2,1H3;2*1H. The number of carbonyl (C=O) groups is 2. The predicted molar refractivity (Wildman–Crippen MR) is 110 cm³/mol. The Labute approximate surface area is 174 Å². The molecule has 0 aliphatic carbocycles. The molecule has 0 aromatic rings. The topological polar surface area (TPSA) is 65.1 Å². The molecule has 3 saturated heterocycles. The van der Waals surface area contributed by atoms with Gasteiger partial charge in [0.1, 0.15) is 6.10 Å². The third kappa shape index (κ3) is 6.75. The molecule has 0 aromatic heterocycles. The van der Waals surface area contributed by atoms with Gasteiger partial charge in [0.25, 0.3) is 5.91 Å². The van der Waals surface area contributed by atoms with Gasteiger partial charge >= 0.3 is 0 Å². The van der Waals surface area contributed by atoms with Crippen LogP contribution in [0.2, 0.25) is 0 Å². The summed E-state index contributed by atoms with van der Waals surface area (Å²) in [4.78, 5) is 31.3. The molecule has 3 fully saturated rings. The van der Waals surface area contributed by atoms with E-state index in [-0.39, 0.29) is 36.8 Å². The van der Waals surface area contributed by atoms with Gasteiger partial charge in [0.2, 0.25) is 5.91 Å². The third-order valence-electron chi connectivity index (χ3n) is 5.76. The van der Waals surface area contributed by atoms with E-state index in [1.165, 1.54) is 0 Å². The predicted octanol–water partition coefficient (Wildman–Crippen LogP) is 0.611. The first kappa shape index (κ1) is 24.4. The van der Waals surface area contributed by atoms with Crippen molar-refractivity contribution in [3.05, 3.63) is 0 Å². The molecule has 1 atom stereocenters. The number of piperidine rings is 1. The Morgan fingerprint density at radius 3 is 2.22 bits per heavy atom. The summed E-state index contributed by atoms with van der Waals surface area (Å²) in [6.45, 7) is 10.5. The summed E-state index contributed by atoms with van der Waals surface area (Å²) in [6, 6.07) is 0. The maximum atomic E-state index is 12.5. The molecule has 3 rings (SSSR count). The highest BCUT2D eigenvalue weighted by Gasteiger charge is 2.31. The first-order valence-electron chi connectivity index (χ1n) is 9.78. The van der Waals surface area contributed by atoms with Crippen molar-refractivity contribution in [3.8, 4) is 0 Å². The lowest BCUT2D eigenvalue weighted by molar-refractivity contribution is -0.146. The summed E-state index contributed by atoms with van der Waals surface area (Å²) in [6.07, 6.45) is 2.15. The van der Waals surface area contributed by atoms with Crippen LogP contribution in [0.5, 0.6) is 0 Å². The van der Waals surface area contributed by atoms with E-state index in [1.807, 2.05) is 9.80 Å². The van der Waals surface area contributed by atoms with Crippen LogP contribution < -0.4 is 5.32 Å². The Kier molecular flexibility index (Phi) is 10.9. The van der Waals surface area contributed by atoms with Crippen LogP contribution >= 0.6 is 24.8 Å². The van der Waals surface area contributed by atoms with E-state index in [2.05, 4.69) is 17.1 Å². The molecule has 1 N–H and O–H groups in total. The fraction of sp³-hybridized carbons (Fsp3) is 0.889. The molecule has 3 heterocycles. The van der Waals surface area contributed by atoms with Crippen molar-refractivity contribution in [1.29, 1.82) is 0 Å². The van der Waals surface area contributed by atoms with Gasteiger partial charge in [-0.05, 0) is 25.3 Å². The minimum absolute atomic E-state index is 0. The molecular weight excluding hydrogens is 391 g/mol. The second-order valence-corrected chi connectivity index (χ2v) is 7.35. The monoisotopic (exact) mass is 424 g/mol. The molecule has 7 nitrogen and oxygen atoms in total. The van der Waals surface area contributed by atoms with Crippen LogP contribution in [0.4, 0.5) is 0 Å². The van der Waals surface area contributed by atoms with Crippen LogP contribution in [0.15, 0.2) is 0 Å². The molecule has 0 spiro atoms. The van der Waals surface area contributed by atoms with E-state index in [0.29, 0.717) is 31.4 Å². The van der Waals surface area contributed by atoms with Crippen molar-refractivity contribution < 1.29 is 14.3 Å². The number of morpholine rings is 1. The SMILES string of the molecule is CCN1CCN(C(=O)CC2CCN(C(=O)C3CNCCO3)CC2)CC1.Cl.Cl. The Hall–Kier alpha value is -0.600. The number of piperazine rings is 1. The molecule has 0 bridgehead atoms. The largest absolute Gasteiger partial charge is 0.366 e. The maximum absolute atomic E-state index is 12.5. The highest BCUT2D eigenvalue weighted by atomic mass is 35.5. The first-order valence-corrected chi connectivity index (χ1v) is 9.78. The van der Waals surface area contributed by atoms with Gasteiger partial charge < -0.3 is 24.8 Å². The lowest BCUT2D eigenvalue weighted by Gasteiger charge is -2.37. The molecule has 0 saturated carbocycles. The van der Waals surface area contributed by atoms with Crippen LogP contribution in [0.25, 0.3) is 0 Å². The van der Waals surface area contributed by atoms with Crippen molar-refractivity contribution in [2.45, 2.75) is 32.3 Å². The zero-order valence-corrected chi connectivity index (χ0v) is 17.9. The lowest BCUT2D eigenvalue weighted by Crippen LogP contribution is -2.51. The average molecular weight is 425 g/mol. The summed E-state index contributed by atoms with van der Waals surface area (Å²) in [7, 11) is 0. The number of hydrogen-bond acceptors (Lipinski definition) is 5. The van der Waals surface area contributed by atoms with Crippen molar-refractivity contribution in [3.63, 3.8) is 0 Å². The number of carbonyl (C=O) groups excluding carboxylic acids is 2. The number of hydrogen-bond donors (Lipinski definition) is 1. The number of likely N-dealkylation sites (N-methyl/N-ethyl adjacent to an activating group) is 1. The molecule has 3 aliphatic rings. The van der Waals surface area contributed by atoms with E-state index in [9.17, 15) is 9.59 Å². The number of ether oxygens (including phenoxy) is 1. The Bertz CT molecular complexity index is 462. The highest BCUT2D eigenvalue weighted by Crippen LogP contribution is 2.22. The highest BCUT2D eigenvalue weighted by molar-refractivity contribution is 5.85. The van der Waals surface area contributed by atoms with Gasteiger partial charge in [0, 0.05) is 58.8 Å². The van der Waals surface area contributed by atoms with E-state index < -0.39 is 0 Å². The number of halogens is 2. The normalized spacial score (nSPS) is 24.7. The minimum atomic E-state index is -0.332. The Morgan fingerprint density at radius 1 is 1.00 bits per heavy atom. The number of nitrogens with zero attached hydrogens (tertiary/aromatic N) is 3. The van der Waals surface area contributed by atoms with Gasteiger partial charge in [0.05, 0.1) is 6.61 Å². The van der Waals surface area contributed by atoms with Gasteiger partial charge in [-0.2, -0.15) is 0 Å². The molecule has 0 aromatic carbocycles. The van der Waals surface area contributed by atoms with Gasteiger partial charge in [-0.25, -0.2) is 0 Å². The zero-order chi connectivity index (χ0) is 17.6. The van der Waals surface area contributed by atoms with Gasteiger partial charge in [-0.15, -0.1) is 24.8 Å². The van der Waals surface area contributed by atoms with Crippen molar-refractivity contribution in [1.82, 2.24) is 20.0 Å². The molecular formula is C18H34Cl2N4O3. The number of likely N-dealkylation sites (tertiary alicyclic amines) is 1. The lowest BCUT2D eigenvalue weighted by atomic mass is 9.92. The second kappa shape index (κ2) is 12.1. The molecule has 3 aliphatic heterocycles. The smallest absolute Gasteiger partial charge is 0.253 e. The number of rotatable bonds is 4. The van der Waals surface area contributed by atoms with Crippen LogP contribution in [0, 0.1) is 5.92 Å². The number of nitrogens with one attached hydrogen (secondary N) is 1. The molecule has 9 heteroatoms. The van der Waals surface area contributed by atoms with Gasteiger partial charge in [-0.1, -0.05) is 6.92 Å². The summed E-state index contributed by atoms with van der Waals surface area (Å²) in [5, 5.41) is 3.21. The molecule has 2 amide bonds.